The monoisotopic (exact) mass is 205 g/mol. The zero-order valence-corrected chi connectivity index (χ0v) is 7.58. The van der Waals surface area contributed by atoms with Gasteiger partial charge in [0.2, 0.25) is 0 Å². The summed E-state index contributed by atoms with van der Waals surface area (Å²) in [5.74, 6) is -0.795. The van der Waals surface area contributed by atoms with Crippen LogP contribution in [0.5, 0.6) is 0 Å². The van der Waals surface area contributed by atoms with Crippen molar-refractivity contribution in [3.8, 4) is 11.4 Å². The lowest BCUT2D eigenvalue weighted by atomic mass is 10.3. The smallest absolute Gasteiger partial charge is 0.311 e. The van der Waals surface area contributed by atoms with Crippen molar-refractivity contribution >= 4 is 5.97 Å². The molecule has 15 heavy (non-hydrogen) atoms. The van der Waals surface area contributed by atoms with E-state index < -0.39 is 5.97 Å². The van der Waals surface area contributed by atoms with Gasteiger partial charge in [0.25, 0.3) is 0 Å². The van der Waals surface area contributed by atoms with Crippen LogP contribution in [0.2, 0.25) is 0 Å². The molecule has 0 aliphatic rings. The van der Waals surface area contributed by atoms with E-state index in [1.165, 1.54) is 6.20 Å². The van der Waals surface area contributed by atoms with E-state index in [1.807, 2.05) is 0 Å². The molecule has 2 heterocycles. The van der Waals surface area contributed by atoms with Crippen LogP contribution in [0.3, 0.4) is 0 Å². The molecule has 0 spiro atoms. The van der Waals surface area contributed by atoms with E-state index in [4.69, 9.17) is 5.11 Å². The second-order valence-corrected chi connectivity index (χ2v) is 2.80. The van der Waals surface area contributed by atoms with Crippen LogP contribution in [0, 0.1) is 0 Å². The minimum atomic E-state index is -0.980. The number of carboxylic acids is 1. The number of nitrogens with zero attached hydrogens (tertiary/aromatic N) is 4. The predicted octanol–water partition coefficient (Wildman–Crippen LogP) is -0.111. The number of hydrogen-bond acceptors (Lipinski definition) is 5. The molecule has 0 amide bonds. The molecule has 2 N–H and O–H groups in total. The normalized spacial score (nSPS) is 10.1. The number of hydrogen-bond donors (Lipinski definition) is 2. The number of carbonyl (C=O) groups is 1. The molecule has 0 atom stereocenters. The Kier molecular flexibility index (Phi) is 2.36. The molecule has 76 valence electrons. The Morgan fingerprint density at radius 2 is 2.33 bits per heavy atom. The number of aromatic amines is 1. The van der Waals surface area contributed by atoms with Gasteiger partial charge in [0.15, 0.2) is 5.82 Å². The van der Waals surface area contributed by atoms with Crippen LogP contribution in [0.25, 0.3) is 11.4 Å². The number of nitrogens with one attached hydrogen (secondary N) is 1. The highest BCUT2D eigenvalue weighted by atomic mass is 16.4. The minimum absolute atomic E-state index is 0.186. The molecule has 0 saturated carbocycles. The van der Waals surface area contributed by atoms with E-state index in [9.17, 15) is 4.79 Å². The lowest BCUT2D eigenvalue weighted by Gasteiger charge is -1.96. The first kappa shape index (κ1) is 9.25. The van der Waals surface area contributed by atoms with Gasteiger partial charge in [-0.2, -0.15) is 5.10 Å². The quantitative estimate of drug-likeness (QED) is 0.724. The van der Waals surface area contributed by atoms with Gasteiger partial charge in [0.1, 0.15) is 12.1 Å². The first-order valence-corrected chi connectivity index (χ1v) is 4.16. The van der Waals surface area contributed by atoms with Crippen LogP contribution in [-0.4, -0.2) is 36.5 Å². The summed E-state index contributed by atoms with van der Waals surface area (Å²) >= 11 is 0. The van der Waals surface area contributed by atoms with Gasteiger partial charge in [-0.3, -0.25) is 9.89 Å². The average Bonchev–Trinajstić information content (AvgIpc) is 2.71. The maximum absolute atomic E-state index is 10.4. The second-order valence-electron chi connectivity index (χ2n) is 2.80. The highest BCUT2D eigenvalue weighted by molar-refractivity contribution is 5.68. The molecule has 0 saturated heterocycles. The van der Waals surface area contributed by atoms with E-state index in [2.05, 4.69) is 25.4 Å². The fourth-order valence-electron chi connectivity index (χ4n) is 1.04. The summed E-state index contributed by atoms with van der Waals surface area (Å²) in [6.07, 6.45) is 2.82. The van der Waals surface area contributed by atoms with Crippen LogP contribution >= 0.6 is 0 Å². The Hall–Kier alpha value is -2.31. The van der Waals surface area contributed by atoms with Crippen LogP contribution in [0.4, 0.5) is 0 Å². The molecule has 0 aromatic carbocycles. The highest BCUT2D eigenvalue weighted by Gasteiger charge is 2.06. The molecular weight excluding hydrogens is 198 g/mol. The topological polar surface area (TPSA) is 105 Å². The lowest BCUT2D eigenvalue weighted by Crippen LogP contribution is -2.06. The second kappa shape index (κ2) is 3.82. The third-order valence-electron chi connectivity index (χ3n) is 1.70. The first-order valence-electron chi connectivity index (χ1n) is 4.16. The zero-order valence-electron chi connectivity index (χ0n) is 7.58. The van der Waals surface area contributed by atoms with Gasteiger partial charge in [-0.05, 0) is 6.07 Å². The summed E-state index contributed by atoms with van der Waals surface area (Å²) in [5, 5.41) is 22.5. The average molecular weight is 205 g/mol. The van der Waals surface area contributed by atoms with Gasteiger partial charge >= 0.3 is 5.97 Å². The number of aliphatic carboxylic acids is 1. The maximum atomic E-state index is 10.4. The van der Waals surface area contributed by atoms with E-state index >= 15 is 0 Å². The van der Waals surface area contributed by atoms with Crippen molar-refractivity contribution in [2.75, 3.05) is 0 Å². The van der Waals surface area contributed by atoms with Crippen molar-refractivity contribution in [1.29, 1.82) is 0 Å². The zero-order chi connectivity index (χ0) is 10.7. The molecule has 0 aliphatic heterocycles. The first-order chi connectivity index (χ1) is 7.25. The SMILES string of the molecule is O=C(O)Cc1ncc(-c2ccn[nH]2)nn1. The molecule has 0 radical (unpaired) electrons. The largest absolute Gasteiger partial charge is 0.481 e. The van der Waals surface area contributed by atoms with Crippen molar-refractivity contribution in [3.05, 3.63) is 24.3 Å². The minimum Gasteiger partial charge on any atom is -0.481 e. The fourth-order valence-corrected chi connectivity index (χ4v) is 1.04. The van der Waals surface area contributed by atoms with Gasteiger partial charge in [-0.25, -0.2) is 4.98 Å². The van der Waals surface area contributed by atoms with Gasteiger partial charge in [0.05, 0.1) is 11.9 Å². The number of carboxylic acid groups (broad SMARTS) is 1. The van der Waals surface area contributed by atoms with E-state index in [0.717, 1.165) is 0 Å². The molecular formula is C8H7N5O2. The standard InChI is InChI=1S/C8H7N5O2/c14-8(15)3-7-9-4-6(12-13-7)5-1-2-10-11-5/h1-2,4H,3H2,(H,10,11)(H,14,15). The number of H-pyrrole nitrogens is 1. The molecule has 2 aromatic rings. The van der Waals surface area contributed by atoms with Crippen LogP contribution in [0.15, 0.2) is 18.5 Å². The third-order valence-corrected chi connectivity index (χ3v) is 1.70. The molecule has 7 heteroatoms. The van der Waals surface area contributed by atoms with E-state index in [0.29, 0.717) is 11.4 Å². The van der Waals surface area contributed by atoms with Crippen LogP contribution < -0.4 is 0 Å². The summed E-state index contributed by atoms with van der Waals surface area (Å²) in [4.78, 5) is 14.2. The summed E-state index contributed by atoms with van der Waals surface area (Å²) in [6.45, 7) is 0. The Morgan fingerprint density at radius 3 is 2.87 bits per heavy atom. The van der Waals surface area contributed by atoms with Crippen LogP contribution in [0.1, 0.15) is 5.82 Å². The summed E-state index contributed by atoms with van der Waals surface area (Å²) in [7, 11) is 0. The molecule has 2 rings (SSSR count). The predicted molar refractivity (Wildman–Crippen MR) is 48.7 cm³/mol. The molecule has 0 bridgehead atoms. The fraction of sp³-hybridized carbons (Fsp3) is 0.125. The maximum Gasteiger partial charge on any atom is 0.311 e. The summed E-state index contributed by atoms with van der Waals surface area (Å²) in [6, 6.07) is 1.72. The molecule has 2 aromatic heterocycles. The van der Waals surface area contributed by atoms with Gasteiger partial charge in [-0.15, -0.1) is 10.2 Å². The van der Waals surface area contributed by atoms with Gasteiger partial charge < -0.3 is 5.11 Å². The Morgan fingerprint density at radius 1 is 1.47 bits per heavy atom. The summed E-state index contributed by atoms with van der Waals surface area (Å²) in [5.41, 5.74) is 1.22. The van der Waals surface area contributed by atoms with Gasteiger partial charge in [-0.1, -0.05) is 0 Å². The molecule has 0 aliphatic carbocycles. The van der Waals surface area contributed by atoms with Crippen molar-refractivity contribution in [2.45, 2.75) is 6.42 Å². The van der Waals surface area contributed by atoms with Crippen molar-refractivity contribution < 1.29 is 9.90 Å². The van der Waals surface area contributed by atoms with Gasteiger partial charge in [0, 0.05) is 6.20 Å². The third kappa shape index (κ3) is 2.13. The summed E-state index contributed by atoms with van der Waals surface area (Å²) < 4.78 is 0. The molecule has 0 fully saturated rings. The van der Waals surface area contributed by atoms with Crippen LogP contribution in [-0.2, 0) is 11.2 Å². The number of aromatic nitrogens is 5. The molecule has 7 nitrogen and oxygen atoms in total. The Balaban J connectivity index is 2.21. The van der Waals surface area contributed by atoms with Crippen molar-refractivity contribution in [1.82, 2.24) is 25.4 Å². The Bertz CT molecular complexity index is 450. The molecule has 0 unspecified atom stereocenters. The van der Waals surface area contributed by atoms with Crippen molar-refractivity contribution in [2.24, 2.45) is 0 Å². The Labute approximate surface area is 84.2 Å². The number of rotatable bonds is 3. The highest BCUT2D eigenvalue weighted by Crippen LogP contribution is 2.09. The lowest BCUT2D eigenvalue weighted by molar-refractivity contribution is -0.136. The van der Waals surface area contributed by atoms with E-state index in [-0.39, 0.29) is 12.2 Å². The van der Waals surface area contributed by atoms with E-state index in [1.54, 1.807) is 12.3 Å². The van der Waals surface area contributed by atoms with Crippen molar-refractivity contribution in [3.63, 3.8) is 0 Å².